The van der Waals surface area contributed by atoms with Crippen LogP contribution < -0.4 is 28.5 Å². The van der Waals surface area contributed by atoms with E-state index in [1.54, 1.807) is 7.11 Å². The van der Waals surface area contributed by atoms with E-state index in [-0.39, 0.29) is 24.0 Å². The molecular formula is C13H20INO. The first-order chi connectivity index (χ1) is 7.26. The number of ether oxygens (including phenoxy) is 1. The molecule has 1 unspecified atom stereocenters. The fourth-order valence-electron chi connectivity index (χ4n) is 2.51. The lowest BCUT2D eigenvalue weighted by atomic mass is 10.00. The number of benzene rings is 1. The number of hydrogen-bond donors (Lipinski definition) is 0. The van der Waals surface area contributed by atoms with Gasteiger partial charge < -0.3 is 28.7 Å². The van der Waals surface area contributed by atoms with Crippen LogP contribution in [0.25, 0.3) is 0 Å². The number of halogens is 1. The van der Waals surface area contributed by atoms with Gasteiger partial charge in [-0.25, -0.2) is 0 Å². The molecule has 2 nitrogen and oxygen atoms in total. The normalized spacial score (nSPS) is 23.4. The average molecular weight is 333 g/mol. The molecule has 0 saturated heterocycles. The number of methoxy groups -OCH3 is 1. The highest BCUT2D eigenvalue weighted by molar-refractivity contribution is 5.51. The van der Waals surface area contributed by atoms with Gasteiger partial charge in [-0.3, -0.25) is 4.48 Å². The lowest BCUT2D eigenvalue weighted by Gasteiger charge is -2.38. The van der Waals surface area contributed by atoms with E-state index in [0.29, 0.717) is 0 Å². The number of likely N-dealkylation sites (N-methyl/N-ethyl adjacent to an activating group) is 1. The topological polar surface area (TPSA) is 9.23 Å². The highest BCUT2D eigenvalue weighted by Gasteiger charge is 2.30. The third-order valence-corrected chi connectivity index (χ3v) is 3.46. The van der Waals surface area contributed by atoms with Crippen molar-refractivity contribution in [3.63, 3.8) is 0 Å². The molecular weight excluding hydrogens is 313 g/mol. The second-order valence-electron chi connectivity index (χ2n) is 4.57. The zero-order valence-corrected chi connectivity index (χ0v) is 12.2. The summed E-state index contributed by atoms with van der Waals surface area (Å²) in [4.78, 5) is 0. The summed E-state index contributed by atoms with van der Waals surface area (Å²) in [7, 11) is 4.10. The smallest absolute Gasteiger partial charge is 0.135 e. The molecule has 1 atom stereocenters. The Bertz CT molecular complexity index is 342. The fraction of sp³-hybridized carbons (Fsp3) is 0.538. The molecule has 0 radical (unpaired) electrons. The number of quaternary nitrogens is 1. The first-order valence-corrected chi connectivity index (χ1v) is 5.68. The second kappa shape index (κ2) is 5.98. The third-order valence-electron chi connectivity index (χ3n) is 3.46. The maximum atomic E-state index is 5.21. The van der Waals surface area contributed by atoms with Crippen molar-refractivity contribution >= 4 is 5.69 Å². The first-order valence-electron chi connectivity index (χ1n) is 5.68. The SMILES string of the molecule is COCC[N+]1(C)CCCc2ccccc21.[I-]. The lowest BCUT2D eigenvalue weighted by molar-refractivity contribution is -0.00000374. The van der Waals surface area contributed by atoms with Crippen LogP contribution in [-0.4, -0.2) is 33.9 Å². The molecule has 2 rings (SSSR count). The van der Waals surface area contributed by atoms with Crippen molar-refractivity contribution in [1.82, 2.24) is 4.48 Å². The summed E-state index contributed by atoms with van der Waals surface area (Å²) in [5.41, 5.74) is 3.00. The predicted octanol–water partition coefficient (Wildman–Crippen LogP) is -0.780. The largest absolute Gasteiger partial charge is 1.00 e. The number of para-hydroxylation sites is 1. The van der Waals surface area contributed by atoms with Crippen LogP contribution in [-0.2, 0) is 11.2 Å². The van der Waals surface area contributed by atoms with Gasteiger partial charge in [-0.05, 0) is 12.5 Å². The minimum Gasteiger partial charge on any atom is -1.00 e. The van der Waals surface area contributed by atoms with Gasteiger partial charge in [0.25, 0.3) is 0 Å². The van der Waals surface area contributed by atoms with Crippen LogP contribution in [0.5, 0.6) is 0 Å². The Morgan fingerprint density at radius 2 is 2.06 bits per heavy atom. The Hall–Kier alpha value is -0.130. The van der Waals surface area contributed by atoms with Gasteiger partial charge in [0.1, 0.15) is 12.2 Å². The minimum absolute atomic E-state index is 0. The van der Waals surface area contributed by atoms with Gasteiger partial charge >= 0.3 is 0 Å². The van der Waals surface area contributed by atoms with Gasteiger partial charge in [0.2, 0.25) is 0 Å². The molecule has 0 saturated carbocycles. The highest BCUT2D eigenvalue weighted by atomic mass is 127. The Morgan fingerprint density at radius 3 is 2.81 bits per heavy atom. The van der Waals surface area contributed by atoms with Gasteiger partial charge in [-0.2, -0.15) is 0 Å². The quantitative estimate of drug-likeness (QED) is 0.521. The van der Waals surface area contributed by atoms with Crippen LogP contribution in [0.4, 0.5) is 5.69 Å². The highest BCUT2D eigenvalue weighted by Crippen LogP contribution is 2.31. The first kappa shape index (κ1) is 13.9. The molecule has 1 heterocycles. The number of nitrogens with zero attached hydrogens (tertiary/aromatic N) is 1. The van der Waals surface area contributed by atoms with Crippen LogP contribution >= 0.6 is 0 Å². The fourth-order valence-corrected chi connectivity index (χ4v) is 2.51. The molecule has 0 aromatic heterocycles. The summed E-state index contributed by atoms with van der Waals surface area (Å²) in [6.07, 6.45) is 2.52. The average Bonchev–Trinajstić information content (AvgIpc) is 2.27. The summed E-state index contributed by atoms with van der Waals surface area (Å²) in [6.45, 7) is 3.15. The zero-order valence-electron chi connectivity index (χ0n) is 10.1. The van der Waals surface area contributed by atoms with Gasteiger partial charge in [-0.15, -0.1) is 0 Å². The Balaban J connectivity index is 0.00000128. The molecule has 3 heteroatoms. The van der Waals surface area contributed by atoms with Crippen molar-refractivity contribution in [2.45, 2.75) is 12.8 Å². The van der Waals surface area contributed by atoms with Gasteiger partial charge in [0.15, 0.2) is 0 Å². The van der Waals surface area contributed by atoms with Crippen LogP contribution in [0, 0.1) is 0 Å². The number of fused-ring (bicyclic) bond motifs is 1. The predicted molar refractivity (Wildman–Crippen MR) is 64.1 cm³/mol. The van der Waals surface area contributed by atoms with Crippen molar-refractivity contribution in [2.75, 3.05) is 33.9 Å². The standard InChI is InChI=1S/C13H20NO.HI/c1-14(10-11-15-2)9-5-7-12-6-3-4-8-13(12)14;/h3-4,6,8H,5,7,9-11H2,1-2H3;1H/q+1;/p-1. The molecule has 1 aromatic carbocycles. The second-order valence-corrected chi connectivity index (χ2v) is 4.57. The van der Waals surface area contributed by atoms with E-state index in [1.165, 1.54) is 30.6 Å². The van der Waals surface area contributed by atoms with Gasteiger partial charge in [0.05, 0.1) is 20.2 Å². The molecule has 0 bridgehead atoms. The monoisotopic (exact) mass is 333 g/mol. The Kier molecular flexibility index (Phi) is 5.21. The Labute approximate surface area is 115 Å². The van der Waals surface area contributed by atoms with Crippen LogP contribution in [0.3, 0.4) is 0 Å². The maximum absolute atomic E-state index is 5.21. The molecule has 90 valence electrons. The van der Waals surface area contributed by atoms with Crippen molar-refractivity contribution in [3.8, 4) is 0 Å². The van der Waals surface area contributed by atoms with Crippen molar-refractivity contribution < 1.29 is 28.7 Å². The summed E-state index contributed by atoms with van der Waals surface area (Å²) in [6, 6.07) is 8.82. The zero-order chi connectivity index (χ0) is 10.7. The number of hydrogen-bond acceptors (Lipinski definition) is 1. The van der Waals surface area contributed by atoms with Crippen molar-refractivity contribution in [1.29, 1.82) is 0 Å². The molecule has 1 aliphatic rings. The Morgan fingerprint density at radius 1 is 1.31 bits per heavy atom. The molecule has 0 fully saturated rings. The molecule has 0 aliphatic carbocycles. The molecule has 0 amide bonds. The summed E-state index contributed by atoms with van der Waals surface area (Å²) in [5, 5.41) is 0. The van der Waals surface area contributed by atoms with Crippen molar-refractivity contribution in [3.05, 3.63) is 29.8 Å². The van der Waals surface area contributed by atoms with E-state index in [1.807, 2.05) is 0 Å². The molecule has 0 N–H and O–H groups in total. The molecule has 1 aromatic rings. The molecule has 16 heavy (non-hydrogen) atoms. The molecule has 1 aliphatic heterocycles. The number of aryl methyl sites for hydroxylation is 1. The van der Waals surface area contributed by atoms with E-state index < -0.39 is 0 Å². The van der Waals surface area contributed by atoms with E-state index in [4.69, 9.17) is 4.74 Å². The van der Waals surface area contributed by atoms with E-state index in [9.17, 15) is 0 Å². The number of rotatable bonds is 3. The van der Waals surface area contributed by atoms with E-state index in [2.05, 4.69) is 31.3 Å². The van der Waals surface area contributed by atoms with Gasteiger partial charge in [-0.1, -0.05) is 18.2 Å². The van der Waals surface area contributed by atoms with Crippen LogP contribution in [0.1, 0.15) is 12.0 Å². The van der Waals surface area contributed by atoms with Crippen molar-refractivity contribution in [2.24, 2.45) is 0 Å². The van der Waals surface area contributed by atoms with E-state index in [0.717, 1.165) is 17.6 Å². The third kappa shape index (κ3) is 2.76. The van der Waals surface area contributed by atoms with Crippen LogP contribution in [0.2, 0.25) is 0 Å². The summed E-state index contributed by atoms with van der Waals surface area (Å²) >= 11 is 0. The lowest BCUT2D eigenvalue weighted by Crippen LogP contribution is -3.00. The van der Waals surface area contributed by atoms with Gasteiger partial charge in [0, 0.05) is 19.1 Å². The van der Waals surface area contributed by atoms with Crippen LogP contribution in [0.15, 0.2) is 24.3 Å². The molecule has 0 spiro atoms. The summed E-state index contributed by atoms with van der Waals surface area (Å²) < 4.78 is 6.24. The van der Waals surface area contributed by atoms with E-state index >= 15 is 0 Å². The summed E-state index contributed by atoms with van der Waals surface area (Å²) in [5.74, 6) is 0. The maximum Gasteiger partial charge on any atom is 0.135 e. The minimum atomic E-state index is 0.